The number of ether oxygens (including phenoxy) is 3. The van der Waals surface area contributed by atoms with Gasteiger partial charge in [0.25, 0.3) is 5.91 Å². The van der Waals surface area contributed by atoms with Gasteiger partial charge in [-0.2, -0.15) is 0 Å². The van der Waals surface area contributed by atoms with Gasteiger partial charge >= 0.3 is 6.09 Å². The van der Waals surface area contributed by atoms with Gasteiger partial charge < -0.3 is 24.8 Å². The van der Waals surface area contributed by atoms with Crippen molar-refractivity contribution in [2.24, 2.45) is 5.73 Å². The second-order valence-corrected chi connectivity index (χ2v) is 12.9. The molecule has 0 radical (unpaired) electrons. The standard InChI is InChI=1S/C30H32Cl2N4O5S/c1-17(39-24-15-25(42-27(24)28(33)37)36-16-34-21-9-8-18(31)14-22(21)36)20-6-5-7-23(26(20)32)40-19-10-12-35(13-11-19)29(38)41-30(2,3)4/h5-9,14-17,19H,10-13H2,1-4H3,(H2,33,37)/t17-/m1/s1. The summed E-state index contributed by atoms with van der Waals surface area (Å²) in [4.78, 5) is 31.1. The zero-order valence-electron chi connectivity index (χ0n) is 23.7. The average Bonchev–Trinajstić information content (AvgIpc) is 3.53. The van der Waals surface area contributed by atoms with Crippen LogP contribution in [0.1, 0.15) is 61.9 Å². The van der Waals surface area contributed by atoms with Crippen LogP contribution in [0.4, 0.5) is 4.79 Å². The Morgan fingerprint density at radius 3 is 2.52 bits per heavy atom. The summed E-state index contributed by atoms with van der Waals surface area (Å²) in [7, 11) is 0. The number of carbonyl (C=O) groups excluding carboxylic acids is 2. The molecule has 1 fully saturated rings. The summed E-state index contributed by atoms with van der Waals surface area (Å²) in [5, 5.41) is 1.70. The third-order valence-electron chi connectivity index (χ3n) is 6.78. The molecule has 4 aromatic rings. The molecule has 2 N–H and O–H groups in total. The van der Waals surface area contributed by atoms with Gasteiger partial charge in [-0.15, -0.1) is 11.3 Å². The van der Waals surface area contributed by atoms with Crippen LogP contribution >= 0.6 is 34.5 Å². The topological polar surface area (TPSA) is 109 Å². The molecule has 1 aliphatic heterocycles. The smallest absolute Gasteiger partial charge is 0.410 e. The number of halogens is 2. The fraction of sp³-hybridized carbons (Fsp3) is 0.367. The molecule has 9 nitrogen and oxygen atoms in total. The van der Waals surface area contributed by atoms with Gasteiger partial charge in [0.1, 0.15) is 45.5 Å². The Morgan fingerprint density at radius 1 is 1.10 bits per heavy atom. The molecular weight excluding hydrogens is 599 g/mol. The largest absolute Gasteiger partial charge is 0.489 e. The maximum atomic E-state index is 12.4. The monoisotopic (exact) mass is 630 g/mol. The van der Waals surface area contributed by atoms with Crippen molar-refractivity contribution in [2.45, 2.75) is 58.3 Å². The summed E-state index contributed by atoms with van der Waals surface area (Å²) in [6.07, 6.45) is 2.03. The normalized spacial score (nSPS) is 15.0. The third-order valence-corrected chi connectivity index (χ3v) is 8.55. The number of hydrogen-bond acceptors (Lipinski definition) is 7. The lowest BCUT2D eigenvalue weighted by atomic mass is 10.1. The second-order valence-electron chi connectivity index (χ2n) is 11.1. The van der Waals surface area contributed by atoms with Crippen LogP contribution in [-0.4, -0.2) is 51.2 Å². The number of likely N-dealkylation sites (tertiary alicyclic amines) is 1. The van der Waals surface area contributed by atoms with Crippen molar-refractivity contribution in [2.75, 3.05) is 13.1 Å². The Bertz CT molecular complexity index is 1620. The molecule has 12 heteroatoms. The molecule has 42 heavy (non-hydrogen) atoms. The van der Waals surface area contributed by atoms with Gasteiger partial charge in [-0.3, -0.25) is 9.36 Å². The molecular formula is C30H32Cl2N4O5S. The van der Waals surface area contributed by atoms with Crippen molar-refractivity contribution in [1.82, 2.24) is 14.5 Å². The number of thiophene rings is 1. The van der Waals surface area contributed by atoms with E-state index in [1.54, 1.807) is 23.4 Å². The van der Waals surface area contributed by atoms with Crippen LogP contribution in [0.5, 0.6) is 11.5 Å². The van der Waals surface area contributed by atoms with Crippen molar-refractivity contribution >= 4 is 57.6 Å². The summed E-state index contributed by atoms with van der Waals surface area (Å²) in [5.74, 6) is 0.274. The SMILES string of the molecule is C[C@@H](Oc1cc(-n2cnc3ccc(Cl)cc32)sc1C(N)=O)c1cccc(OC2CCN(C(=O)OC(C)(C)C)CC2)c1Cl. The van der Waals surface area contributed by atoms with Crippen molar-refractivity contribution in [1.29, 1.82) is 0 Å². The number of piperidine rings is 1. The lowest BCUT2D eigenvalue weighted by molar-refractivity contribution is 0.0126. The molecule has 0 unspecified atom stereocenters. The summed E-state index contributed by atoms with van der Waals surface area (Å²) in [6, 6.07) is 12.7. The Hall–Kier alpha value is -3.47. The predicted molar refractivity (Wildman–Crippen MR) is 164 cm³/mol. The Labute approximate surface area is 258 Å². The van der Waals surface area contributed by atoms with Crippen molar-refractivity contribution < 1.29 is 23.8 Å². The lowest BCUT2D eigenvalue weighted by Crippen LogP contribution is -2.44. The van der Waals surface area contributed by atoms with Crippen LogP contribution in [0.25, 0.3) is 16.0 Å². The minimum absolute atomic E-state index is 0.105. The van der Waals surface area contributed by atoms with Gasteiger partial charge in [0, 0.05) is 42.6 Å². The zero-order chi connectivity index (χ0) is 30.2. The number of imidazole rings is 1. The van der Waals surface area contributed by atoms with Crippen LogP contribution in [0, 0.1) is 0 Å². The number of benzene rings is 2. The van der Waals surface area contributed by atoms with E-state index in [4.69, 9.17) is 43.1 Å². The summed E-state index contributed by atoms with van der Waals surface area (Å²) < 4.78 is 19.8. The zero-order valence-corrected chi connectivity index (χ0v) is 26.1. The van der Waals surface area contributed by atoms with E-state index in [1.807, 2.05) is 62.6 Å². The first-order valence-corrected chi connectivity index (χ1v) is 15.1. The molecule has 5 rings (SSSR count). The fourth-order valence-electron chi connectivity index (χ4n) is 4.75. The van der Waals surface area contributed by atoms with Crippen LogP contribution in [0.3, 0.4) is 0 Å². The average molecular weight is 632 g/mol. The number of aromatic nitrogens is 2. The molecule has 0 spiro atoms. The van der Waals surface area contributed by atoms with Crippen LogP contribution in [-0.2, 0) is 4.74 Å². The van der Waals surface area contributed by atoms with E-state index in [0.29, 0.717) is 58.0 Å². The van der Waals surface area contributed by atoms with E-state index in [-0.39, 0.29) is 17.1 Å². The number of nitrogens with zero attached hydrogens (tertiary/aromatic N) is 3. The van der Waals surface area contributed by atoms with Crippen LogP contribution < -0.4 is 15.2 Å². The van der Waals surface area contributed by atoms with Gasteiger partial charge in [0.05, 0.1) is 16.1 Å². The first kappa shape index (κ1) is 30.0. The molecule has 2 amide bonds. The molecule has 2 aromatic carbocycles. The molecule has 3 heterocycles. The van der Waals surface area contributed by atoms with Crippen molar-refractivity contribution in [3.63, 3.8) is 0 Å². The Kier molecular flexibility index (Phi) is 8.59. The van der Waals surface area contributed by atoms with Crippen molar-refractivity contribution in [3.8, 4) is 16.5 Å². The molecule has 1 atom stereocenters. The number of fused-ring (bicyclic) bond motifs is 1. The third kappa shape index (κ3) is 6.61. The number of carbonyl (C=O) groups is 2. The molecule has 0 bridgehead atoms. The van der Waals surface area contributed by atoms with Crippen molar-refractivity contribution in [3.05, 3.63) is 69.3 Å². The quantitative estimate of drug-likeness (QED) is 0.228. The van der Waals surface area contributed by atoms with Crippen LogP contribution in [0.2, 0.25) is 10.0 Å². The van der Waals surface area contributed by atoms with E-state index >= 15 is 0 Å². The van der Waals surface area contributed by atoms with Gasteiger partial charge in [-0.05, 0) is 52.0 Å². The second kappa shape index (κ2) is 12.0. The minimum Gasteiger partial charge on any atom is -0.489 e. The molecule has 0 aliphatic carbocycles. The number of nitrogens with two attached hydrogens (primary N) is 1. The first-order chi connectivity index (χ1) is 19.9. The van der Waals surface area contributed by atoms with E-state index in [1.165, 1.54) is 11.3 Å². The van der Waals surface area contributed by atoms with Gasteiger partial charge in [-0.1, -0.05) is 35.3 Å². The van der Waals surface area contributed by atoms with Crippen LogP contribution in [0.15, 0.2) is 48.8 Å². The van der Waals surface area contributed by atoms with E-state index in [0.717, 1.165) is 11.0 Å². The molecule has 1 aliphatic rings. The summed E-state index contributed by atoms with van der Waals surface area (Å²) in [5.41, 5.74) is 7.44. The fourth-order valence-corrected chi connectivity index (χ4v) is 6.16. The maximum absolute atomic E-state index is 12.4. The molecule has 2 aromatic heterocycles. The number of primary amides is 1. The van der Waals surface area contributed by atoms with Gasteiger partial charge in [0.15, 0.2) is 0 Å². The Balaban J connectivity index is 1.30. The van der Waals surface area contributed by atoms with Gasteiger partial charge in [-0.25, -0.2) is 9.78 Å². The highest BCUT2D eigenvalue weighted by atomic mass is 35.5. The first-order valence-electron chi connectivity index (χ1n) is 13.6. The Morgan fingerprint density at radius 2 is 1.83 bits per heavy atom. The van der Waals surface area contributed by atoms with Gasteiger partial charge in [0.2, 0.25) is 0 Å². The number of hydrogen-bond donors (Lipinski definition) is 1. The van der Waals surface area contributed by atoms with E-state index in [9.17, 15) is 9.59 Å². The highest BCUT2D eigenvalue weighted by molar-refractivity contribution is 7.16. The van der Waals surface area contributed by atoms with E-state index < -0.39 is 17.6 Å². The number of amides is 2. The summed E-state index contributed by atoms with van der Waals surface area (Å²) in [6.45, 7) is 8.47. The number of rotatable bonds is 7. The molecule has 0 saturated carbocycles. The highest BCUT2D eigenvalue weighted by Gasteiger charge is 2.29. The lowest BCUT2D eigenvalue weighted by Gasteiger charge is -2.33. The summed E-state index contributed by atoms with van der Waals surface area (Å²) >= 11 is 14.2. The maximum Gasteiger partial charge on any atom is 0.410 e. The molecule has 1 saturated heterocycles. The molecule has 222 valence electrons. The predicted octanol–water partition coefficient (Wildman–Crippen LogP) is 7.41. The minimum atomic E-state index is -0.600. The van der Waals surface area contributed by atoms with E-state index in [2.05, 4.69) is 4.98 Å². The highest BCUT2D eigenvalue weighted by Crippen LogP contribution is 2.39.